The van der Waals surface area contributed by atoms with Crippen LogP contribution in [0.25, 0.3) is 0 Å². The van der Waals surface area contributed by atoms with Gasteiger partial charge in [0.2, 0.25) is 0 Å². The average Bonchev–Trinajstić information content (AvgIpc) is 2.56. The van der Waals surface area contributed by atoms with E-state index < -0.39 is 23.6 Å². The Bertz CT molecular complexity index is 486. The highest BCUT2D eigenvalue weighted by Crippen LogP contribution is 2.20. The van der Waals surface area contributed by atoms with Crippen LogP contribution in [0.3, 0.4) is 0 Å². The molecule has 7 nitrogen and oxygen atoms in total. The van der Waals surface area contributed by atoms with E-state index in [1.54, 1.807) is 0 Å². The predicted octanol–water partition coefficient (Wildman–Crippen LogP) is -2.56. The number of nitrogens with two attached hydrogens (primary N) is 1. The molecule has 15 heavy (non-hydrogen) atoms. The minimum Gasteiger partial charge on any atom is -0.394 e. The molecule has 4 N–H and O–H groups in total. The van der Waals surface area contributed by atoms with Gasteiger partial charge in [-0.2, -0.15) is 0 Å². The molecule has 0 spiro atoms. The fourth-order valence-electron chi connectivity index (χ4n) is 1.33. The molecule has 0 atom stereocenters. The maximum absolute atomic E-state index is 11.2. The van der Waals surface area contributed by atoms with Gasteiger partial charge < -0.3 is 5.73 Å². The topological polar surface area (TPSA) is 118 Å². The van der Waals surface area contributed by atoms with E-state index in [2.05, 4.69) is 0 Å². The molecule has 0 fully saturated rings. The zero-order valence-electron chi connectivity index (χ0n) is 7.29. The van der Waals surface area contributed by atoms with Crippen molar-refractivity contribution >= 4 is 23.6 Å². The molecule has 76 valence electrons. The van der Waals surface area contributed by atoms with Crippen LogP contribution in [0.15, 0.2) is 22.9 Å². The minimum atomic E-state index is -0.770. The zero-order valence-corrected chi connectivity index (χ0v) is 7.29. The molecule has 0 aromatic rings. The van der Waals surface area contributed by atoms with Crippen molar-refractivity contribution in [2.45, 2.75) is 0 Å². The van der Waals surface area contributed by atoms with Crippen LogP contribution in [0, 0.1) is 0 Å². The van der Waals surface area contributed by atoms with Gasteiger partial charge in [-0.1, -0.05) is 0 Å². The largest absolute Gasteiger partial charge is 0.394 e. The third-order valence-electron chi connectivity index (χ3n) is 1.99. The van der Waals surface area contributed by atoms with Crippen molar-refractivity contribution in [3.63, 3.8) is 0 Å². The Labute approximate surface area is 83.0 Å². The second-order valence-electron chi connectivity index (χ2n) is 2.95. The molecule has 0 radical (unpaired) electrons. The Morgan fingerprint density at radius 2 is 1.60 bits per heavy atom. The summed E-state index contributed by atoms with van der Waals surface area (Å²) in [5, 5.41) is 3.87. The maximum atomic E-state index is 11.2. The van der Waals surface area contributed by atoms with Gasteiger partial charge in [0.05, 0.1) is 11.1 Å². The summed E-state index contributed by atoms with van der Waals surface area (Å²) < 4.78 is 0. The normalized spacial score (nSPS) is 20.7. The number of rotatable bonds is 1. The molecule has 0 aromatic carbocycles. The molecule has 0 aliphatic carbocycles. The van der Waals surface area contributed by atoms with E-state index in [-0.39, 0.29) is 16.8 Å². The first kappa shape index (κ1) is 9.13. The van der Waals surface area contributed by atoms with Crippen molar-refractivity contribution in [1.29, 1.82) is 0 Å². The summed E-state index contributed by atoms with van der Waals surface area (Å²) in [6, 6.07) is 0. The van der Waals surface area contributed by atoms with Crippen molar-refractivity contribution in [3.05, 3.63) is 22.9 Å². The molecule has 0 saturated heterocycles. The molecule has 2 aliphatic heterocycles. The molecule has 2 aliphatic rings. The van der Waals surface area contributed by atoms with Gasteiger partial charge >= 0.3 is 0 Å². The van der Waals surface area contributed by atoms with Crippen LogP contribution in [-0.4, -0.2) is 23.6 Å². The summed E-state index contributed by atoms with van der Waals surface area (Å²) in [7, 11) is 0. The third kappa shape index (κ3) is 1.21. The number of nitrogens with one attached hydrogen (secondary N) is 2. The van der Waals surface area contributed by atoms with Crippen LogP contribution in [0.5, 0.6) is 0 Å². The van der Waals surface area contributed by atoms with Crippen molar-refractivity contribution in [2.24, 2.45) is 5.73 Å². The van der Waals surface area contributed by atoms with Gasteiger partial charge in [0.25, 0.3) is 23.6 Å². The van der Waals surface area contributed by atoms with Gasteiger partial charge in [-0.15, -0.1) is 0 Å². The Hall–Kier alpha value is -2.44. The van der Waals surface area contributed by atoms with E-state index in [1.165, 1.54) is 0 Å². The second-order valence-corrected chi connectivity index (χ2v) is 2.95. The van der Waals surface area contributed by atoms with Crippen molar-refractivity contribution in [2.75, 3.05) is 0 Å². The summed E-state index contributed by atoms with van der Waals surface area (Å²) in [4.78, 5) is 44.2. The fourth-order valence-corrected chi connectivity index (χ4v) is 1.33. The molecule has 0 saturated carbocycles. The summed E-state index contributed by atoms with van der Waals surface area (Å²) in [5.41, 5.74) is 4.54. The zero-order chi connectivity index (χ0) is 11.2. The minimum absolute atomic E-state index is 0.180. The highest BCUT2D eigenvalue weighted by atomic mass is 16.2. The maximum Gasteiger partial charge on any atom is 0.274 e. The molecule has 0 aromatic heterocycles. The first-order valence-corrected chi connectivity index (χ1v) is 3.93. The standard InChI is InChI=1S/C8H5N3O4/c9-5-4(7(14)11-8(5)15)2-1-3(12)10-6(2)13/h1H,(H,10,12,13)(H3,9,11,14,15). The average molecular weight is 207 g/mol. The molecule has 0 bridgehead atoms. The summed E-state index contributed by atoms with van der Waals surface area (Å²) in [5.74, 6) is -2.90. The van der Waals surface area contributed by atoms with Gasteiger partial charge in [0.1, 0.15) is 5.70 Å². The number of hydrogen-bond donors (Lipinski definition) is 3. The molecule has 0 unspecified atom stereocenters. The van der Waals surface area contributed by atoms with Crippen molar-refractivity contribution in [1.82, 2.24) is 10.6 Å². The first-order valence-electron chi connectivity index (χ1n) is 3.93. The van der Waals surface area contributed by atoms with E-state index in [9.17, 15) is 19.2 Å². The number of carbonyl (C=O) groups is 4. The van der Waals surface area contributed by atoms with E-state index in [0.717, 1.165) is 6.08 Å². The highest BCUT2D eigenvalue weighted by Gasteiger charge is 2.36. The highest BCUT2D eigenvalue weighted by molar-refractivity contribution is 6.29. The Morgan fingerprint density at radius 1 is 0.933 bits per heavy atom. The first-order chi connectivity index (χ1) is 7.00. The Morgan fingerprint density at radius 3 is 2.00 bits per heavy atom. The van der Waals surface area contributed by atoms with Crippen LogP contribution in [0.4, 0.5) is 0 Å². The molecule has 2 heterocycles. The summed E-state index contributed by atoms with van der Waals surface area (Å²) >= 11 is 0. The van der Waals surface area contributed by atoms with Gasteiger partial charge in [-0.3, -0.25) is 29.8 Å². The Kier molecular flexibility index (Phi) is 1.69. The summed E-state index contributed by atoms with van der Waals surface area (Å²) in [6.45, 7) is 0. The van der Waals surface area contributed by atoms with Crippen LogP contribution >= 0.6 is 0 Å². The van der Waals surface area contributed by atoms with Gasteiger partial charge in [-0.25, -0.2) is 0 Å². The molecule has 2 rings (SSSR count). The van der Waals surface area contributed by atoms with E-state index in [0.29, 0.717) is 0 Å². The number of amides is 4. The number of imide groups is 2. The quantitative estimate of drug-likeness (QED) is 0.408. The summed E-state index contributed by atoms with van der Waals surface area (Å²) in [6.07, 6.45) is 0.933. The number of carbonyl (C=O) groups excluding carboxylic acids is 4. The lowest BCUT2D eigenvalue weighted by molar-refractivity contribution is -0.126. The molecule has 7 heteroatoms. The van der Waals surface area contributed by atoms with Crippen LogP contribution in [0.2, 0.25) is 0 Å². The predicted molar refractivity (Wildman–Crippen MR) is 45.6 cm³/mol. The molecular weight excluding hydrogens is 202 g/mol. The van der Waals surface area contributed by atoms with Gasteiger partial charge in [-0.05, 0) is 0 Å². The molecular formula is C8H5N3O4. The van der Waals surface area contributed by atoms with Gasteiger partial charge in [0.15, 0.2) is 0 Å². The monoisotopic (exact) mass is 207 g/mol. The lowest BCUT2D eigenvalue weighted by Crippen LogP contribution is -2.26. The SMILES string of the molecule is NC1=C(C2=CC(=O)NC2=O)C(=O)NC1=O. The van der Waals surface area contributed by atoms with Crippen molar-refractivity contribution < 1.29 is 19.2 Å². The number of hydrogen-bond acceptors (Lipinski definition) is 5. The van der Waals surface area contributed by atoms with E-state index >= 15 is 0 Å². The van der Waals surface area contributed by atoms with Gasteiger partial charge in [0, 0.05) is 6.08 Å². The van der Waals surface area contributed by atoms with E-state index in [4.69, 9.17) is 5.73 Å². The van der Waals surface area contributed by atoms with E-state index in [1.807, 2.05) is 10.6 Å². The fraction of sp³-hybridized carbons (Fsp3) is 0. The van der Waals surface area contributed by atoms with Crippen molar-refractivity contribution in [3.8, 4) is 0 Å². The lowest BCUT2D eigenvalue weighted by Gasteiger charge is -1.97. The van der Waals surface area contributed by atoms with Crippen LogP contribution < -0.4 is 16.4 Å². The smallest absolute Gasteiger partial charge is 0.274 e. The lowest BCUT2D eigenvalue weighted by atomic mass is 10.1. The van der Waals surface area contributed by atoms with Crippen LogP contribution in [-0.2, 0) is 19.2 Å². The van der Waals surface area contributed by atoms with Crippen LogP contribution in [0.1, 0.15) is 0 Å². The third-order valence-corrected chi connectivity index (χ3v) is 1.99. The second kappa shape index (κ2) is 2.77. The molecule has 4 amide bonds. The Balaban J connectivity index is 2.53.